The van der Waals surface area contributed by atoms with Crippen LogP contribution in [0.1, 0.15) is 15.9 Å². The van der Waals surface area contributed by atoms with Gasteiger partial charge in [0.05, 0.1) is 11.3 Å². The van der Waals surface area contributed by atoms with Crippen molar-refractivity contribution in [3.8, 4) is 6.07 Å². The van der Waals surface area contributed by atoms with Crippen LogP contribution in [0, 0.1) is 17.1 Å². The molecule has 0 heterocycles. The number of thioether (sulfide) groups is 1. The third-order valence-corrected chi connectivity index (χ3v) is 3.45. The zero-order chi connectivity index (χ0) is 14.5. The van der Waals surface area contributed by atoms with Crippen molar-refractivity contribution in [3.63, 3.8) is 0 Å². The Hall–Kier alpha value is -2.32. The van der Waals surface area contributed by atoms with Gasteiger partial charge in [0.15, 0.2) is 0 Å². The maximum Gasteiger partial charge on any atom is 0.255 e. The molecule has 0 fully saturated rings. The molecule has 0 aliphatic rings. The third kappa shape index (κ3) is 3.16. The van der Waals surface area contributed by atoms with Crippen LogP contribution in [0.5, 0.6) is 0 Å². The van der Waals surface area contributed by atoms with Gasteiger partial charge < -0.3 is 5.32 Å². The minimum atomic E-state index is -0.510. The molecule has 3 nitrogen and oxygen atoms in total. The monoisotopic (exact) mass is 286 g/mol. The maximum absolute atomic E-state index is 13.0. The zero-order valence-electron chi connectivity index (χ0n) is 10.7. The smallest absolute Gasteiger partial charge is 0.255 e. The van der Waals surface area contributed by atoms with Crippen LogP contribution in [0.3, 0.4) is 0 Å². The molecule has 0 aliphatic carbocycles. The summed E-state index contributed by atoms with van der Waals surface area (Å²) in [5.74, 6) is -0.843. The van der Waals surface area contributed by atoms with Crippen LogP contribution in [-0.2, 0) is 0 Å². The van der Waals surface area contributed by atoms with E-state index in [-0.39, 0.29) is 11.5 Å². The highest BCUT2D eigenvalue weighted by molar-refractivity contribution is 7.98. The van der Waals surface area contributed by atoms with Crippen molar-refractivity contribution in [1.29, 1.82) is 5.26 Å². The fourth-order valence-corrected chi connectivity index (χ4v) is 2.06. The van der Waals surface area contributed by atoms with E-state index in [1.54, 1.807) is 23.9 Å². The van der Waals surface area contributed by atoms with E-state index < -0.39 is 5.82 Å². The Balaban J connectivity index is 2.21. The first kappa shape index (κ1) is 14.1. The Bertz CT molecular complexity index is 677. The molecule has 2 aromatic carbocycles. The van der Waals surface area contributed by atoms with Gasteiger partial charge >= 0.3 is 0 Å². The molecule has 5 heteroatoms. The summed E-state index contributed by atoms with van der Waals surface area (Å²) in [6.07, 6.45) is 1.95. The Morgan fingerprint density at radius 2 is 1.95 bits per heavy atom. The SMILES string of the molecule is CSc1ccc(C(=O)Nc2ccc(F)cc2C#N)cc1. The van der Waals surface area contributed by atoms with E-state index in [0.717, 1.165) is 11.0 Å². The molecule has 1 N–H and O–H groups in total. The second kappa shape index (κ2) is 6.22. The summed E-state index contributed by atoms with van der Waals surface area (Å²) in [5, 5.41) is 11.5. The topological polar surface area (TPSA) is 52.9 Å². The summed E-state index contributed by atoms with van der Waals surface area (Å²) in [6, 6.07) is 12.6. The Kier molecular flexibility index (Phi) is 4.38. The van der Waals surface area contributed by atoms with E-state index in [9.17, 15) is 9.18 Å². The Morgan fingerprint density at radius 1 is 1.25 bits per heavy atom. The predicted octanol–water partition coefficient (Wildman–Crippen LogP) is 3.67. The van der Waals surface area contributed by atoms with Crippen molar-refractivity contribution in [2.45, 2.75) is 4.90 Å². The molecule has 0 aliphatic heterocycles. The number of anilines is 1. The molecule has 1 amide bonds. The number of hydrogen-bond donors (Lipinski definition) is 1. The van der Waals surface area contributed by atoms with E-state index in [2.05, 4.69) is 5.32 Å². The molecule has 0 radical (unpaired) electrons. The number of nitrogens with one attached hydrogen (secondary N) is 1. The van der Waals surface area contributed by atoms with E-state index in [1.165, 1.54) is 12.1 Å². The fourth-order valence-electron chi connectivity index (χ4n) is 1.65. The minimum Gasteiger partial charge on any atom is -0.321 e. The molecule has 100 valence electrons. The average molecular weight is 286 g/mol. The van der Waals surface area contributed by atoms with Crippen LogP contribution < -0.4 is 5.32 Å². The lowest BCUT2D eigenvalue weighted by molar-refractivity contribution is 0.102. The fraction of sp³-hybridized carbons (Fsp3) is 0.0667. The maximum atomic E-state index is 13.0. The van der Waals surface area contributed by atoms with Crippen LogP contribution in [-0.4, -0.2) is 12.2 Å². The van der Waals surface area contributed by atoms with Gasteiger partial charge in [0.1, 0.15) is 11.9 Å². The quantitative estimate of drug-likeness (QED) is 0.876. The molecule has 20 heavy (non-hydrogen) atoms. The number of carbonyl (C=O) groups is 1. The highest BCUT2D eigenvalue weighted by Crippen LogP contribution is 2.19. The molecule has 0 saturated carbocycles. The first-order valence-corrected chi connectivity index (χ1v) is 7.01. The van der Waals surface area contributed by atoms with Crippen molar-refractivity contribution < 1.29 is 9.18 Å². The van der Waals surface area contributed by atoms with Gasteiger partial charge in [-0.15, -0.1) is 11.8 Å². The van der Waals surface area contributed by atoms with Gasteiger partial charge in [-0.25, -0.2) is 4.39 Å². The van der Waals surface area contributed by atoms with Crippen molar-refractivity contribution >= 4 is 23.4 Å². The van der Waals surface area contributed by atoms with Crippen LogP contribution >= 0.6 is 11.8 Å². The lowest BCUT2D eigenvalue weighted by Gasteiger charge is -2.07. The third-order valence-electron chi connectivity index (χ3n) is 2.70. The van der Waals surface area contributed by atoms with Gasteiger partial charge in [0.25, 0.3) is 5.91 Å². The van der Waals surface area contributed by atoms with Crippen molar-refractivity contribution in [3.05, 3.63) is 59.4 Å². The Labute approximate surface area is 120 Å². The van der Waals surface area contributed by atoms with Crippen molar-refractivity contribution in [2.24, 2.45) is 0 Å². The Morgan fingerprint density at radius 3 is 2.55 bits per heavy atom. The van der Waals surface area contributed by atoms with Crippen LogP contribution in [0.2, 0.25) is 0 Å². The minimum absolute atomic E-state index is 0.0964. The number of amides is 1. The second-order valence-electron chi connectivity index (χ2n) is 3.98. The summed E-state index contributed by atoms with van der Waals surface area (Å²) < 4.78 is 13.0. The van der Waals surface area contributed by atoms with Gasteiger partial charge in [-0.2, -0.15) is 5.26 Å². The van der Waals surface area contributed by atoms with E-state index in [4.69, 9.17) is 5.26 Å². The number of nitrogens with zero attached hydrogens (tertiary/aromatic N) is 1. The highest BCUT2D eigenvalue weighted by Gasteiger charge is 2.09. The lowest BCUT2D eigenvalue weighted by atomic mass is 10.1. The molecule has 0 bridgehead atoms. The van der Waals surface area contributed by atoms with Gasteiger partial charge in [0.2, 0.25) is 0 Å². The molecule has 0 aromatic heterocycles. The van der Waals surface area contributed by atoms with E-state index >= 15 is 0 Å². The molecule has 2 aromatic rings. The number of halogens is 1. The van der Waals surface area contributed by atoms with Crippen molar-refractivity contribution in [2.75, 3.05) is 11.6 Å². The molecular weight excluding hydrogens is 275 g/mol. The number of carbonyl (C=O) groups excluding carboxylic acids is 1. The molecule has 0 saturated heterocycles. The van der Waals surface area contributed by atoms with Crippen LogP contribution in [0.4, 0.5) is 10.1 Å². The first-order chi connectivity index (χ1) is 9.63. The molecule has 0 unspecified atom stereocenters. The summed E-state index contributed by atoms with van der Waals surface area (Å²) in [5.41, 5.74) is 0.878. The zero-order valence-corrected chi connectivity index (χ0v) is 11.5. The van der Waals surface area contributed by atoms with E-state index in [1.807, 2.05) is 24.5 Å². The predicted molar refractivity (Wildman–Crippen MR) is 77.3 cm³/mol. The van der Waals surface area contributed by atoms with Gasteiger partial charge in [-0.1, -0.05) is 0 Å². The number of nitriles is 1. The molecule has 0 atom stereocenters. The van der Waals surface area contributed by atoms with E-state index in [0.29, 0.717) is 11.3 Å². The summed E-state index contributed by atoms with van der Waals surface area (Å²) in [6.45, 7) is 0. The average Bonchev–Trinajstić information content (AvgIpc) is 2.49. The second-order valence-corrected chi connectivity index (χ2v) is 4.86. The van der Waals surface area contributed by atoms with Crippen LogP contribution in [0.25, 0.3) is 0 Å². The number of hydrogen-bond acceptors (Lipinski definition) is 3. The highest BCUT2D eigenvalue weighted by atomic mass is 32.2. The number of rotatable bonds is 3. The lowest BCUT2D eigenvalue weighted by Crippen LogP contribution is -2.12. The largest absolute Gasteiger partial charge is 0.321 e. The normalized spacial score (nSPS) is 9.85. The first-order valence-electron chi connectivity index (χ1n) is 5.79. The summed E-state index contributed by atoms with van der Waals surface area (Å²) in [4.78, 5) is 13.1. The summed E-state index contributed by atoms with van der Waals surface area (Å²) in [7, 11) is 0. The molecule has 0 spiro atoms. The molecule has 2 rings (SSSR count). The summed E-state index contributed by atoms with van der Waals surface area (Å²) >= 11 is 1.58. The van der Waals surface area contributed by atoms with Gasteiger partial charge in [0, 0.05) is 10.5 Å². The van der Waals surface area contributed by atoms with Gasteiger partial charge in [-0.3, -0.25) is 4.79 Å². The standard InChI is InChI=1S/C15H11FN2OS/c1-20-13-5-2-10(3-6-13)15(19)18-14-7-4-12(16)8-11(14)9-17/h2-8H,1H3,(H,18,19). The molecular formula is C15H11FN2OS. The van der Waals surface area contributed by atoms with Gasteiger partial charge in [-0.05, 0) is 48.7 Å². The number of benzene rings is 2. The van der Waals surface area contributed by atoms with Crippen LogP contribution in [0.15, 0.2) is 47.4 Å². The van der Waals surface area contributed by atoms with Crippen molar-refractivity contribution in [1.82, 2.24) is 0 Å².